The molecule has 1 aliphatic heterocycles. The number of para-hydroxylation sites is 1. The molecule has 7 heteroatoms. The van der Waals surface area contributed by atoms with Gasteiger partial charge < -0.3 is 24.1 Å². The monoisotopic (exact) mass is 452 g/mol. The summed E-state index contributed by atoms with van der Waals surface area (Å²) in [4.78, 5) is 29.1. The molecular weight excluding hydrogens is 416 g/mol. The van der Waals surface area contributed by atoms with Crippen molar-refractivity contribution >= 4 is 27.7 Å². The van der Waals surface area contributed by atoms with Gasteiger partial charge in [0.1, 0.15) is 5.52 Å². The lowest BCUT2D eigenvalue weighted by Gasteiger charge is -2.34. The van der Waals surface area contributed by atoms with Crippen LogP contribution in [0.1, 0.15) is 37.0 Å². The second-order valence-electron chi connectivity index (χ2n) is 9.65. The van der Waals surface area contributed by atoms with E-state index in [0.29, 0.717) is 30.8 Å². The van der Waals surface area contributed by atoms with E-state index in [4.69, 9.17) is 4.74 Å². The molecule has 3 aromatic rings. The molecule has 1 N–H and O–H groups in total. The van der Waals surface area contributed by atoms with Crippen LogP contribution in [0.3, 0.4) is 0 Å². The van der Waals surface area contributed by atoms with E-state index in [1.54, 1.807) is 17.9 Å². The number of piperidine rings is 1. The Hall–Kier alpha value is -2.64. The number of hydrogen-bond donors (Lipinski definition) is 1. The van der Waals surface area contributed by atoms with Gasteiger partial charge in [-0.1, -0.05) is 32.0 Å². The lowest BCUT2D eigenvalue weighted by Crippen LogP contribution is -2.40. The lowest BCUT2D eigenvalue weighted by atomic mass is 9.92. The van der Waals surface area contributed by atoms with Gasteiger partial charge in [0, 0.05) is 62.8 Å². The number of carbonyl (C=O) groups is 1. The molecule has 1 saturated heterocycles. The zero-order valence-electron chi connectivity index (χ0n) is 20.3. The third-order valence-corrected chi connectivity index (χ3v) is 6.79. The second kappa shape index (κ2) is 10.1. The van der Waals surface area contributed by atoms with Crippen LogP contribution in [0.5, 0.6) is 0 Å². The maximum Gasteiger partial charge on any atom is 0.275 e. The molecule has 2 atom stereocenters. The zero-order chi connectivity index (χ0) is 23.5. The van der Waals surface area contributed by atoms with Crippen LogP contribution in [0, 0.1) is 11.8 Å². The molecule has 1 aromatic carbocycles. The van der Waals surface area contributed by atoms with Gasteiger partial charge in [-0.05, 0) is 37.3 Å². The van der Waals surface area contributed by atoms with E-state index in [-0.39, 0.29) is 11.5 Å². The average molecular weight is 453 g/mol. The van der Waals surface area contributed by atoms with Crippen molar-refractivity contribution in [2.45, 2.75) is 33.2 Å². The minimum absolute atomic E-state index is 0.106. The number of benzene rings is 1. The number of aryl methyl sites for hydroxylation is 1. The van der Waals surface area contributed by atoms with Crippen molar-refractivity contribution < 1.29 is 9.53 Å². The number of carbonyl (C=O) groups excluding carboxylic acids is 1. The van der Waals surface area contributed by atoms with E-state index in [1.807, 2.05) is 35.9 Å². The van der Waals surface area contributed by atoms with Crippen molar-refractivity contribution in [2.24, 2.45) is 18.9 Å². The minimum atomic E-state index is -0.136. The van der Waals surface area contributed by atoms with Gasteiger partial charge in [-0.25, -0.2) is 0 Å². The fraction of sp³-hybridized carbons (Fsp3) is 0.538. The van der Waals surface area contributed by atoms with Gasteiger partial charge in [0.15, 0.2) is 0 Å². The van der Waals surface area contributed by atoms with Gasteiger partial charge in [0.05, 0.1) is 12.2 Å². The Kier molecular flexibility index (Phi) is 7.20. The number of hydrogen-bond acceptors (Lipinski definition) is 4. The summed E-state index contributed by atoms with van der Waals surface area (Å²) in [5.74, 6) is 1.33. The molecule has 178 valence electrons. The fourth-order valence-corrected chi connectivity index (χ4v) is 5.43. The van der Waals surface area contributed by atoms with E-state index in [2.05, 4.69) is 24.1 Å². The Labute approximate surface area is 195 Å². The molecule has 3 heterocycles. The van der Waals surface area contributed by atoms with Crippen molar-refractivity contribution in [3.05, 3.63) is 46.4 Å². The third-order valence-electron chi connectivity index (χ3n) is 6.79. The minimum Gasteiger partial charge on any atom is -0.383 e. The van der Waals surface area contributed by atoms with Gasteiger partial charge in [0.25, 0.3) is 11.5 Å². The van der Waals surface area contributed by atoms with Gasteiger partial charge in [-0.3, -0.25) is 9.59 Å². The van der Waals surface area contributed by atoms with Crippen LogP contribution in [0.2, 0.25) is 0 Å². The van der Waals surface area contributed by atoms with Crippen molar-refractivity contribution in [3.63, 3.8) is 0 Å². The van der Waals surface area contributed by atoms with Gasteiger partial charge >= 0.3 is 0 Å². The number of nitrogens with one attached hydrogen (secondary N) is 1. The smallest absolute Gasteiger partial charge is 0.275 e. The molecule has 33 heavy (non-hydrogen) atoms. The lowest BCUT2D eigenvalue weighted by molar-refractivity contribution is 0.0948. The van der Waals surface area contributed by atoms with Crippen LogP contribution >= 0.6 is 0 Å². The quantitative estimate of drug-likeness (QED) is 0.533. The Morgan fingerprint density at radius 1 is 1.15 bits per heavy atom. The third kappa shape index (κ3) is 4.84. The van der Waals surface area contributed by atoms with Crippen LogP contribution in [0.4, 0.5) is 0 Å². The normalized spacial score (nSPS) is 19.4. The summed E-state index contributed by atoms with van der Waals surface area (Å²) in [6.45, 7) is 9.32. The Morgan fingerprint density at radius 2 is 1.88 bits per heavy atom. The summed E-state index contributed by atoms with van der Waals surface area (Å²) in [5.41, 5.74) is 1.93. The molecule has 0 saturated carbocycles. The molecule has 4 rings (SSSR count). The highest BCUT2D eigenvalue weighted by Gasteiger charge is 2.22. The van der Waals surface area contributed by atoms with Crippen molar-refractivity contribution in [2.75, 3.05) is 39.9 Å². The van der Waals surface area contributed by atoms with Crippen molar-refractivity contribution in [1.82, 2.24) is 19.4 Å². The fourth-order valence-electron chi connectivity index (χ4n) is 5.43. The molecule has 1 amide bonds. The first kappa shape index (κ1) is 23.5. The molecule has 0 aliphatic carbocycles. The second-order valence-corrected chi connectivity index (χ2v) is 9.65. The Bertz CT molecular complexity index is 1190. The molecule has 2 unspecified atom stereocenters. The molecule has 1 aliphatic rings. The van der Waals surface area contributed by atoms with Crippen molar-refractivity contribution in [1.29, 1.82) is 0 Å². The number of aromatic nitrogens is 2. The highest BCUT2D eigenvalue weighted by Crippen LogP contribution is 2.29. The first-order valence-corrected chi connectivity index (χ1v) is 12.0. The number of fused-ring (bicyclic) bond motifs is 3. The van der Waals surface area contributed by atoms with E-state index in [9.17, 15) is 9.59 Å². The van der Waals surface area contributed by atoms with Crippen LogP contribution < -0.4 is 10.9 Å². The summed E-state index contributed by atoms with van der Waals surface area (Å²) in [7, 11) is 3.49. The van der Waals surface area contributed by atoms with E-state index >= 15 is 0 Å². The maximum atomic E-state index is 13.3. The van der Waals surface area contributed by atoms with Crippen LogP contribution in [-0.2, 0) is 18.3 Å². The Morgan fingerprint density at radius 3 is 2.61 bits per heavy atom. The molecule has 0 spiro atoms. The summed E-state index contributed by atoms with van der Waals surface area (Å²) in [5, 5.41) is 4.76. The predicted molar refractivity (Wildman–Crippen MR) is 133 cm³/mol. The molecular formula is C26H36N4O3. The number of likely N-dealkylation sites (tertiary alicyclic amines) is 1. The molecule has 2 aromatic heterocycles. The van der Waals surface area contributed by atoms with Gasteiger partial charge in [-0.2, -0.15) is 0 Å². The largest absolute Gasteiger partial charge is 0.383 e. The van der Waals surface area contributed by atoms with Crippen LogP contribution in [0.25, 0.3) is 21.8 Å². The number of rotatable bonds is 8. The maximum absolute atomic E-state index is 13.3. The topological polar surface area (TPSA) is 68.5 Å². The number of methoxy groups -OCH3 is 1. The Balaban J connectivity index is 1.58. The zero-order valence-corrected chi connectivity index (χ0v) is 20.3. The van der Waals surface area contributed by atoms with Gasteiger partial charge in [-0.15, -0.1) is 0 Å². The van der Waals surface area contributed by atoms with Crippen molar-refractivity contribution in [3.8, 4) is 0 Å². The van der Waals surface area contributed by atoms with E-state index < -0.39 is 0 Å². The van der Waals surface area contributed by atoms with Crippen LogP contribution in [-0.4, -0.2) is 59.8 Å². The number of ether oxygens (including phenoxy) is 1. The number of amides is 1. The summed E-state index contributed by atoms with van der Waals surface area (Å²) < 4.78 is 8.67. The predicted octanol–water partition coefficient (Wildman–Crippen LogP) is 3.24. The number of pyridine rings is 1. The summed E-state index contributed by atoms with van der Waals surface area (Å²) >= 11 is 0. The van der Waals surface area contributed by atoms with Gasteiger partial charge in [0.2, 0.25) is 0 Å². The summed E-state index contributed by atoms with van der Waals surface area (Å²) in [6.07, 6.45) is 3.90. The SMILES string of the molecule is COCCn1cc(C(=O)NCCCN2CC(C)CC(C)C2)c2c3ccccc3n(C)c2c1=O. The average Bonchev–Trinajstić information content (AvgIpc) is 3.09. The standard InChI is InChI=1S/C26H36N4O3/c1-18-14-19(2)16-29(15-18)11-7-10-27-25(31)21-17-30(12-13-33-4)26(32)24-23(21)20-8-5-6-9-22(20)28(24)3/h5-6,8-9,17-19H,7,10-16H2,1-4H3,(H,27,31). The highest BCUT2D eigenvalue weighted by atomic mass is 16.5. The van der Waals surface area contributed by atoms with Crippen LogP contribution in [0.15, 0.2) is 35.3 Å². The molecule has 7 nitrogen and oxygen atoms in total. The molecule has 1 fully saturated rings. The highest BCUT2D eigenvalue weighted by molar-refractivity contribution is 6.17. The van der Waals surface area contributed by atoms with E-state index in [0.717, 1.165) is 54.2 Å². The molecule has 0 radical (unpaired) electrons. The first-order valence-electron chi connectivity index (χ1n) is 12.0. The first-order chi connectivity index (χ1) is 15.9. The summed E-state index contributed by atoms with van der Waals surface area (Å²) in [6, 6.07) is 7.86. The molecule has 0 bridgehead atoms. The number of nitrogens with zero attached hydrogens (tertiary/aromatic N) is 3. The van der Waals surface area contributed by atoms with E-state index in [1.165, 1.54) is 6.42 Å².